The third-order valence-corrected chi connectivity index (χ3v) is 4.01. The van der Waals surface area contributed by atoms with E-state index in [4.69, 9.17) is 15.2 Å². The lowest BCUT2D eigenvalue weighted by Crippen LogP contribution is -2.46. The lowest BCUT2D eigenvalue weighted by Gasteiger charge is -2.28. The number of hydrogen-bond acceptors (Lipinski definition) is 8. The Bertz CT molecular complexity index is 752. The van der Waals surface area contributed by atoms with E-state index in [0.29, 0.717) is 0 Å². The molecule has 0 bridgehead atoms. The van der Waals surface area contributed by atoms with E-state index in [2.05, 4.69) is 15.0 Å². The SMILES string of the molecule is CO[C@]1(CO)O[C@@H](n2cnc3c(=O)[nH]c(N)nc32)[C@H](C)[C@@H]1O. The highest BCUT2D eigenvalue weighted by Gasteiger charge is 2.54. The molecule has 3 rings (SSSR count). The van der Waals surface area contributed by atoms with Crippen molar-refractivity contribution >= 4 is 17.1 Å². The highest BCUT2D eigenvalue weighted by atomic mass is 16.7. The van der Waals surface area contributed by atoms with Crippen LogP contribution in [0.2, 0.25) is 0 Å². The zero-order valence-electron chi connectivity index (χ0n) is 12.1. The van der Waals surface area contributed by atoms with Crippen LogP contribution in [0.4, 0.5) is 5.95 Å². The number of aromatic amines is 1. The lowest BCUT2D eigenvalue weighted by molar-refractivity contribution is -0.269. The maximum absolute atomic E-state index is 11.8. The maximum atomic E-state index is 11.8. The summed E-state index contributed by atoms with van der Waals surface area (Å²) in [4.78, 5) is 22.2. The monoisotopic (exact) mass is 311 g/mol. The number of imidazole rings is 1. The molecule has 0 unspecified atom stereocenters. The summed E-state index contributed by atoms with van der Waals surface area (Å²) in [7, 11) is 1.33. The summed E-state index contributed by atoms with van der Waals surface area (Å²) in [6.45, 7) is 1.21. The van der Waals surface area contributed by atoms with Crippen molar-refractivity contribution in [3.8, 4) is 0 Å². The molecule has 22 heavy (non-hydrogen) atoms. The molecular formula is C12H17N5O5. The first kappa shape index (κ1) is 14.9. The molecule has 0 aromatic carbocycles. The first-order valence-corrected chi connectivity index (χ1v) is 6.67. The normalized spacial score (nSPS) is 31.9. The Morgan fingerprint density at radius 2 is 2.36 bits per heavy atom. The van der Waals surface area contributed by atoms with Crippen LogP contribution in [0.1, 0.15) is 13.2 Å². The molecule has 1 aliphatic rings. The fourth-order valence-corrected chi connectivity index (χ4v) is 2.74. The van der Waals surface area contributed by atoms with Crippen LogP contribution in [0.25, 0.3) is 11.2 Å². The first-order valence-electron chi connectivity index (χ1n) is 6.67. The molecule has 1 aliphatic heterocycles. The average molecular weight is 311 g/mol. The number of aromatic nitrogens is 4. The second-order valence-corrected chi connectivity index (χ2v) is 5.26. The van der Waals surface area contributed by atoms with E-state index in [9.17, 15) is 15.0 Å². The van der Waals surface area contributed by atoms with Gasteiger partial charge < -0.3 is 25.4 Å². The number of nitrogen functional groups attached to an aromatic ring is 1. The van der Waals surface area contributed by atoms with Crippen molar-refractivity contribution in [3.63, 3.8) is 0 Å². The Hall–Kier alpha value is -2.01. The van der Waals surface area contributed by atoms with E-state index >= 15 is 0 Å². The van der Waals surface area contributed by atoms with E-state index in [1.165, 1.54) is 18.0 Å². The minimum absolute atomic E-state index is 0.0504. The second kappa shape index (κ2) is 5.02. The van der Waals surface area contributed by atoms with Crippen molar-refractivity contribution in [2.75, 3.05) is 19.5 Å². The van der Waals surface area contributed by atoms with Gasteiger partial charge in [0.2, 0.25) is 11.7 Å². The minimum Gasteiger partial charge on any atom is -0.391 e. The Morgan fingerprint density at radius 3 is 2.95 bits per heavy atom. The Labute approximate surface area is 124 Å². The van der Waals surface area contributed by atoms with Gasteiger partial charge in [-0.25, -0.2) is 4.98 Å². The van der Waals surface area contributed by atoms with Gasteiger partial charge in [0.25, 0.3) is 5.56 Å². The van der Waals surface area contributed by atoms with Gasteiger partial charge in [0.1, 0.15) is 12.3 Å². The summed E-state index contributed by atoms with van der Waals surface area (Å²) in [6, 6.07) is 0. The predicted molar refractivity (Wildman–Crippen MR) is 74.7 cm³/mol. The molecule has 5 N–H and O–H groups in total. The second-order valence-electron chi connectivity index (χ2n) is 5.26. The van der Waals surface area contributed by atoms with Crippen molar-refractivity contribution in [1.29, 1.82) is 0 Å². The third kappa shape index (κ3) is 1.92. The summed E-state index contributed by atoms with van der Waals surface area (Å²) in [5.41, 5.74) is 5.43. The fraction of sp³-hybridized carbons (Fsp3) is 0.583. The van der Waals surface area contributed by atoms with Gasteiger partial charge in [0.05, 0.1) is 12.9 Å². The summed E-state index contributed by atoms with van der Waals surface area (Å²) >= 11 is 0. The molecular weight excluding hydrogens is 294 g/mol. The highest BCUT2D eigenvalue weighted by Crippen LogP contribution is 2.42. The quantitative estimate of drug-likeness (QED) is 0.538. The Morgan fingerprint density at radius 1 is 1.64 bits per heavy atom. The number of ether oxygens (including phenoxy) is 2. The van der Waals surface area contributed by atoms with E-state index in [1.807, 2.05) is 0 Å². The van der Waals surface area contributed by atoms with Gasteiger partial charge in [0.15, 0.2) is 11.2 Å². The number of hydrogen-bond donors (Lipinski definition) is 4. The van der Waals surface area contributed by atoms with E-state index in [-0.39, 0.29) is 17.1 Å². The standard InChI is InChI=1S/C12H17N5O5/c1-5-7(19)12(3-18,21-2)22-10(5)17-4-14-6-8(17)15-11(13)16-9(6)20/h4-5,7,10,18-19H,3H2,1-2H3,(H3,13,15,16,20)/t5-,7+,10-,12-/m1/s1. The summed E-state index contributed by atoms with van der Waals surface area (Å²) in [5, 5.41) is 19.8. The number of nitrogens with zero attached hydrogens (tertiary/aromatic N) is 3. The topological polar surface area (TPSA) is 149 Å². The van der Waals surface area contributed by atoms with Gasteiger partial charge in [-0.15, -0.1) is 0 Å². The molecule has 2 aromatic heterocycles. The zero-order valence-corrected chi connectivity index (χ0v) is 12.1. The fourth-order valence-electron chi connectivity index (χ4n) is 2.74. The Balaban J connectivity index is 2.11. The molecule has 120 valence electrons. The van der Waals surface area contributed by atoms with Crippen LogP contribution in [-0.2, 0) is 9.47 Å². The number of nitrogens with one attached hydrogen (secondary N) is 1. The molecule has 1 saturated heterocycles. The molecule has 0 amide bonds. The van der Waals surface area contributed by atoms with Crippen LogP contribution in [0.15, 0.2) is 11.1 Å². The smallest absolute Gasteiger partial charge is 0.280 e. The number of H-pyrrole nitrogens is 1. The van der Waals surface area contributed by atoms with Gasteiger partial charge in [-0.3, -0.25) is 14.3 Å². The van der Waals surface area contributed by atoms with Gasteiger partial charge in [-0.2, -0.15) is 4.98 Å². The molecule has 3 heterocycles. The molecule has 10 heteroatoms. The molecule has 0 spiro atoms. The molecule has 0 saturated carbocycles. The largest absolute Gasteiger partial charge is 0.391 e. The molecule has 1 fully saturated rings. The molecule has 4 atom stereocenters. The number of methoxy groups -OCH3 is 1. The van der Waals surface area contributed by atoms with Crippen LogP contribution in [0.5, 0.6) is 0 Å². The molecule has 2 aromatic rings. The van der Waals surface area contributed by atoms with Crippen molar-refractivity contribution in [3.05, 3.63) is 16.7 Å². The summed E-state index contributed by atoms with van der Waals surface area (Å²) in [5.74, 6) is -2.02. The van der Waals surface area contributed by atoms with Gasteiger partial charge in [-0.05, 0) is 0 Å². The Kier molecular flexibility index (Phi) is 3.40. The van der Waals surface area contributed by atoms with Crippen LogP contribution in [0.3, 0.4) is 0 Å². The van der Waals surface area contributed by atoms with E-state index in [1.54, 1.807) is 6.92 Å². The number of nitrogens with two attached hydrogens (primary N) is 1. The van der Waals surface area contributed by atoms with Gasteiger partial charge >= 0.3 is 0 Å². The van der Waals surface area contributed by atoms with Crippen LogP contribution < -0.4 is 11.3 Å². The minimum atomic E-state index is -1.53. The summed E-state index contributed by atoms with van der Waals surface area (Å²) in [6.07, 6.45) is -0.409. The number of rotatable bonds is 3. The summed E-state index contributed by atoms with van der Waals surface area (Å²) < 4.78 is 12.4. The average Bonchev–Trinajstić information content (AvgIpc) is 3.01. The van der Waals surface area contributed by atoms with Gasteiger partial charge in [0, 0.05) is 13.0 Å². The predicted octanol–water partition coefficient (Wildman–Crippen LogP) is -1.44. The molecule has 10 nitrogen and oxygen atoms in total. The maximum Gasteiger partial charge on any atom is 0.280 e. The molecule has 0 aliphatic carbocycles. The van der Waals surface area contributed by atoms with E-state index in [0.717, 1.165) is 0 Å². The lowest BCUT2D eigenvalue weighted by atomic mass is 10.00. The number of aliphatic hydroxyl groups excluding tert-OH is 2. The number of anilines is 1. The highest BCUT2D eigenvalue weighted by molar-refractivity contribution is 5.70. The van der Waals surface area contributed by atoms with E-state index < -0.39 is 36.2 Å². The van der Waals surface area contributed by atoms with Crippen molar-refractivity contribution in [1.82, 2.24) is 19.5 Å². The number of aliphatic hydroxyl groups is 2. The first-order chi connectivity index (χ1) is 10.4. The van der Waals surface area contributed by atoms with Crippen LogP contribution >= 0.6 is 0 Å². The van der Waals surface area contributed by atoms with Crippen molar-refractivity contribution < 1.29 is 19.7 Å². The van der Waals surface area contributed by atoms with Crippen molar-refractivity contribution in [2.24, 2.45) is 5.92 Å². The van der Waals surface area contributed by atoms with Gasteiger partial charge in [-0.1, -0.05) is 6.92 Å². The molecule has 0 radical (unpaired) electrons. The number of fused-ring (bicyclic) bond motifs is 1. The zero-order chi connectivity index (χ0) is 16.1. The van der Waals surface area contributed by atoms with Crippen molar-refractivity contribution in [2.45, 2.75) is 25.0 Å². The van der Waals surface area contributed by atoms with Crippen LogP contribution in [0, 0.1) is 5.92 Å². The third-order valence-electron chi connectivity index (χ3n) is 4.01. The van der Waals surface area contributed by atoms with Crippen LogP contribution in [-0.4, -0.2) is 55.3 Å².